The second-order valence-electron chi connectivity index (χ2n) is 1.67. The predicted octanol–water partition coefficient (Wildman–Crippen LogP) is 1.33. The molecule has 0 aliphatic rings. The summed E-state index contributed by atoms with van der Waals surface area (Å²) in [6, 6.07) is 0. The van der Waals surface area contributed by atoms with Crippen molar-refractivity contribution in [3.05, 3.63) is 0 Å². The van der Waals surface area contributed by atoms with Crippen molar-refractivity contribution in [1.29, 1.82) is 0 Å². The van der Waals surface area contributed by atoms with Crippen LogP contribution >= 0.6 is 22.6 Å². The Morgan fingerprint density at radius 2 is 2.22 bits per heavy atom. The minimum absolute atomic E-state index is 0.0743. The molecule has 0 radical (unpaired) electrons. The van der Waals surface area contributed by atoms with Crippen molar-refractivity contribution in [3.8, 4) is 9.85 Å². The highest BCUT2D eigenvalue weighted by Gasteiger charge is 1.98. The normalized spacial score (nSPS) is 8.00. The Labute approximate surface area is 68.1 Å². The summed E-state index contributed by atoms with van der Waals surface area (Å²) in [5.41, 5.74) is 0. The molecule has 0 saturated heterocycles. The fourth-order valence-electron chi connectivity index (χ4n) is 0.282. The van der Waals surface area contributed by atoms with Crippen molar-refractivity contribution in [2.45, 2.75) is 20.0 Å². The lowest BCUT2D eigenvalue weighted by atomic mass is 10.5. The van der Waals surface area contributed by atoms with Crippen LogP contribution in [0, 0.1) is 9.85 Å². The molecule has 0 saturated carbocycles. The molecule has 0 rings (SSSR count). The average Bonchev–Trinajstić information content (AvgIpc) is 1.63. The van der Waals surface area contributed by atoms with Crippen LogP contribution in [0.3, 0.4) is 0 Å². The van der Waals surface area contributed by atoms with E-state index in [0.717, 1.165) is 0 Å². The molecule has 0 heterocycles. The highest BCUT2D eigenvalue weighted by Crippen LogP contribution is 1.87. The van der Waals surface area contributed by atoms with E-state index in [0.29, 0.717) is 0 Å². The van der Waals surface area contributed by atoms with Crippen molar-refractivity contribution in [1.82, 2.24) is 0 Å². The molecule has 0 aromatic rings. The number of hydrogen-bond donors (Lipinski definition) is 0. The molecule has 0 aliphatic carbocycles. The molecule has 0 aromatic heterocycles. The van der Waals surface area contributed by atoms with E-state index in [2.05, 4.69) is 14.6 Å². The van der Waals surface area contributed by atoms with Gasteiger partial charge in [-0.25, -0.2) is 4.79 Å². The summed E-state index contributed by atoms with van der Waals surface area (Å²) in [5, 5.41) is 0. The molecule has 0 spiro atoms. The SMILES string of the molecule is CC(C)OC(=O)C#CI. The summed E-state index contributed by atoms with van der Waals surface area (Å²) >= 11 is 1.79. The highest BCUT2D eigenvalue weighted by molar-refractivity contribution is 14.1. The Balaban J connectivity index is 3.60. The molecule has 0 fully saturated rings. The molecular formula is C6H7IO2. The zero-order valence-corrected chi connectivity index (χ0v) is 7.43. The molecule has 0 atom stereocenters. The zero-order valence-electron chi connectivity index (χ0n) is 5.27. The Morgan fingerprint density at radius 3 is 2.56 bits per heavy atom. The molecule has 0 amide bonds. The first-order valence-corrected chi connectivity index (χ1v) is 3.57. The van der Waals surface area contributed by atoms with Gasteiger partial charge in [-0.1, -0.05) is 0 Å². The number of hydrogen-bond acceptors (Lipinski definition) is 2. The molecule has 0 aromatic carbocycles. The molecular weight excluding hydrogens is 231 g/mol. The Hall–Kier alpha value is -0.240. The van der Waals surface area contributed by atoms with Crippen molar-refractivity contribution in [2.24, 2.45) is 0 Å². The molecule has 0 N–H and O–H groups in total. The second-order valence-corrected chi connectivity index (χ2v) is 2.21. The van der Waals surface area contributed by atoms with Gasteiger partial charge < -0.3 is 4.74 Å². The summed E-state index contributed by atoms with van der Waals surface area (Å²) in [5.74, 6) is 1.79. The third-order valence-electron chi connectivity index (χ3n) is 0.492. The maximum atomic E-state index is 10.5. The smallest absolute Gasteiger partial charge is 0.385 e. The Kier molecular flexibility index (Phi) is 4.50. The molecule has 0 unspecified atom stereocenters. The molecule has 0 aliphatic heterocycles. The predicted molar refractivity (Wildman–Crippen MR) is 43.0 cm³/mol. The minimum atomic E-state index is -0.459. The number of ether oxygens (including phenoxy) is 1. The van der Waals surface area contributed by atoms with Gasteiger partial charge in [-0.05, 0) is 17.8 Å². The fourth-order valence-corrected chi connectivity index (χ4v) is 0.502. The van der Waals surface area contributed by atoms with Gasteiger partial charge in [-0.15, -0.1) is 0 Å². The van der Waals surface area contributed by atoms with E-state index < -0.39 is 5.97 Å². The van der Waals surface area contributed by atoms with E-state index >= 15 is 0 Å². The third kappa shape index (κ3) is 5.63. The summed E-state index contributed by atoms with van der Waals surface area (Å²) in [7, 11) is 0. The van der Waals surface area contributed by atoms with E-state index in [4.69, 9.17) is 0 Å². The van der Waals surface area contributed by atoms with Crippen molar-refractivity contribution in [3.63, 3.8) is 0 Å². The third-order valence-corrected chi connectivity index (χ3v) is 0.762. The van der Waals surface area contributed by atoms with Crippen LogP contribution in [0.4, 0.5) is 0 Å². The molecule has 3 heteroatoms. The highest BCUT2D eigenvalue weighted by atomic mass is 127. The van der Waals surface area contributed by atoms with Gasteiger partial charge in [0.15, 0.2) is 0 Å². The van der Waals surface area contributed by atoms with E-state index in [1.165, 1.54) is 0 Å². The number of carbonyl (C=O) groups excluding carboxylic acids is 1. The summed E-state index contributed by atoms with van der Waals surface area (Å²) < 4.78 is 7.09. The van der Waals surface area contributed by atoms with Crippen LogP contribution in [0.25, 0.3) is 0 Å². The number of halogens is 1. The van der Waals surface area contributed by atoms with Crippen LogP contribution in [-0.2, 0) is 9.53 Å². The van der Waals surface area contributed by atoms with Gasteiger partial charge in [0.25, 0.3) is 0 Å². The lowest BCUT2D eigenvalue weighted by Gasteiger charge is -2.01. The van der Waals surface area contributed by atoms with Gasteiger partial charge in [0.1, 0.15) is 0 Å². The number of carbonyl (C=O) groups is 1. The van der Waals surface area contributed by atoms with Gasteiger partial charge in [0.05, 0.1) is 6.10 Å². The van der Waals surface area contributed by atoms with Gasteiger partial charge >= 0.3 is 5.97 Å². The largest absolute Gasteiger partial charge is 0.453 e. The summed E-state index contributed by atoms with van der Waals surface area (Å²) in [6.07, 6.45) is -0.0743. The van der Waals surface area contributed by atoms with Crippen LogP contribution in [0.2, 0.25) is 0 Å². The molecule has 50 valence electrons. The maximum absolute atomic E-state index is 10.5. The topological polar surface area (TPSA) is 26.3 Å². The van der Waals surface area contributed by atoms with Gasteiger partial charge in [0.2, 0.25) is 0 Å². The standard InChI is InChI=1S/C6H7IO2/c1-5(2)9-6(8)3-4-7/h5H,1-2H3. The van der Waals surface area contributed by atoms with Gasteiger partial charge in [-0.2, -0.15) is 0 Å². The van der Waals surface area contributed by atoms with E-state index in [1.54, 1.807) is 36.4 Å². The molecule has 0 bridgehead atoms. The van der Waals surface area contributed by atoms with E-state index in [-0.39, 0.29) is 6.10 Å². The molecule has 9 heavy (non-hydrogen) atoms. The first-order valence-electron chi connectivity index (χ1n) is 2.49. The van der Waals surface area contributed by atoms with Gasteiger partial charge in [-0.3, -0.25) is 0 Å². The second kappa shape index (κ2) is 4.62. The monoisotopic (exact) mass is 238 g/mol. The zero-order chi connectivity index (χ0) is 7.28. The first kappa shape index (κ1) is 8.76. The van der Waals surface area contributed by atoms with E-state index in [9.17, 15) is 4.79 Å². The van der Waals surface area contributed by atoms with E-state index in [1.807, 2.05) is 0 Å². The van der Waals surface area contributed by atoms with Gasteiger partial charge in [0, 0.05) is 28.5 Å². The van der Waals surface area contributed by atoms with Crippen LogP contribution in [-0.4, -0.2) is 12.1 Å². The van der Waals surface area contributed by atoms with Crippen molar-refractivity contribution >= 4 is 28.6 Å². The minimum Gasteiger partial charge on any atom is -0.453 e. The van der Waals surface area contributed by atoms with Crippen LogP contribution < -0.4 is 0 Å². The fraction of sp³-hybridized carbons (Fsp3) is 0.500. The number of rotatable bonds is 1. The van der Waals surface area contributed by atoms with Crippen molar-refractivity contribution < 1.29 is 9.53 Å². The summed E-state index contributed by atoms with van der Waals surface area (Å²) in [4.78, 5) is 10.5. The Morgan fingerprint density at radius 1 is 1.67 bits per heavy atom. The van der Waals surface area contributed by atoms with Crippen molar-refractivity contribution in [2.75, 3.05) is 0 Å². The van der Waals surface area contributed by atoms with Crippen LogP contribution in [0.1, 0.15) is 13.8 Å². The lowest BCUT2D eigenvalue weighted by Crippen LogP contribution is -2.08. The van der Waals surface area contributed by atoms with Crippen LogP contribution in [0.5, 0.6) is 0 Å². The average molecular weight is 238 g/mol. The summed E-state index contributed by atoms with van der Waals surface area (Å²) in [6.45, 7) is 3.57. The quantitative estimate of drug-likeness (QED) is 0.391. The molecule has 2 nitrogen and oxygen atoms in total. The maximum Gasteiger partial charge on any atom is 0.385 e. The first-order chi connectivity index (χ1) is 4.16. The number of esters is 1. The Bertz CT molecular complexity index is 152. The van der Waals surface area contributed by atoms with Crippen LogP contribution in [0.15, 0.2) is 0 Å². The lowest BCUT2D eigenvalue weighted by molar-refractivity contribution is -0.140.